The van der Waals surface area contributed by atoms with Gasteiger partial charge in [0.1, 0.15) is 0 Å². The van der Waals surface area contributed by atoms with Gasteiger partial charge in [-0.25, -0.2) is 0 Å². The molecular formula is C8H10N5+. The molecule has 0 fully saturated rings. The fourth-order valence-corrected chi connectivity index (χ4v) is 0.648. The maximum absolute atomic E-state index is 7.43. The molecule has 0 saturated heterocycles. The summed E-state index contributed by atoms with van der Waals surface area (Å²) in [7, 11) is 1.96. The van der Waals surface area contributed by atoms with Crippen LogP contribution in [0.25, 0.3) is 5.41 Å². The van der Waals surface area contributed by atoms with E-state index in [9.17, 15) is 0 Å². The first-order chi connectivity index (χ1) is 6.24. The smallest absolute Gasteiger partial charge is 0.422 e. The normalized spacial score (nSPS) is 11.5. The van der Waals surface area contributed by atoms with E-state index in [1.54, 1.807) is 0 Å². The Morgan fingerprint density at radius 3 is 2.46 bits per heavy atom. The summed E-state index contributed by atoms with van der Waals surface area (Å²) in [6.07, 6.45) is 5.26. The van der Waals surface area contributed by atoms with E-state index in [1.807, 2.05) is 28.6 Å². The van der Waals surface area contributed by atoms with Gasteiger partial charge >= 0.3 is 6.01 Å². The van der Waals surface area contributed by atoms with Crippen LogP contribution in [0.4, 0.5) is 0 Å². The van der Waals surface area contributed by atoms with Gasteiger partial charge in [-0.1, -0.05) is 9.15 Å². The standard InChI is InChI=1S/C6H10N2.C2N3/c1-3-8-5-4-7(2)6-8;3-1-5-2-4/h4-5H,3H2,1-2H3;/q+2;-1. The Kier molecular flexibility index (Phi) is 5.65. The van der Waals surface area contributed by atoms with Gasteiger partial charge in [-0.05, 0) is 6.92 Å². The molecule has 13 heavy (non-hydrogen) atoms. The van der Waals surface area contributed by atoms with Crippen molar-refractivity contribution in [3.05, 3.63) is 17.8 Å². The number of hydrogen-bond acceptors (Lipinski definition) is 2. The zero-order valence-electron chi connectivity index (χ0n) is 7.60. The molecule has 0 amide bonds. The van der Waals surface area contributed by atoms with Crippen molar-refractivity contribution in [2.75, 3.05) is 13.6 Å². The molecule has 0 aromatic rings. The molecule has 5 heteroatoms. The van der Waals surface area contributed by atoms with E-state index in [0.29, 0.717) is 0 Å². The molecule has 0 atom stereocenters. The zero-order valence-corrected chi connectivity index (χ0v) is 7.60. The fraction of sp³-hybridized carbons (Fsp3) is 0.375. The largest absolute Gasteiger partial charge is 0.488 e. The highest BCUT2D eigenvalue weighted by Gasteiger charge is 2.07. The Bertz CT molecular complexity index is 345. The topological polar surface area (TPSA) is 64.5 Å². The summed E-state index contributed by atoms with van der Waals surface area (Å²) in [5.74, 6) is 0. The van der Waals surface area contributed by atoms with Crippen molar-refractivity contribution in [2.24, 2.45) is 4.99 Å². The van der Waals surface area contributed by atoms with Crippen molar-refractivity contribution in [2.45, 2.75) is 6.92 Å². The van der Waals surface area contributed by atoms with Gasteiger partial charge in [0.05, 0.1) is 6.19 Å². The molecule has 0 unspecified atom stereocenters. The van der Waals surface area contributed by atoms with Crippen LogP contribution < -0.4 is 0 Å². The second kappa shape index (κ2) is 6.68. The summed E-state index contributed by atoms with van der Waals surface area (Å²) in [5.41, 5.74) is 0. The van der Waals surface area contributed by atoms with Gasteiger partial charge in [-0.15, -0.1) is 6.01 Å². The number of rotatable bonds is 1. The third kappa shape index (κ3) is 5.28. The minimum atomic E-state index is 1.00. The average molecular weight is 176 g/mol. The van der Waals surface area contributed by atoms with E-state index in [1.165, 1.54) is 12.2 Å². The number of nitrogens with zero attached hydrogens (tertiary/aromatic N) is 5. The number of aliphatic imine (C=N–C) groups is 1. The highest BCUT2D eigenvalue weighted by atomic mass is 15.1. The van der Waals surface area contributed by atoms with E-state index >= 15 is 0 Å². The predicted molar refractivity (Wildman–Crippen MR) is 47.5 cm³/mol. The number of hydrogen-bond donors (Lipinski definition) is 0. The Morgan fingerprint density at radius 2 is 2.31 bits per heavy atom. The van der Waals surface area contributed by atoms with Crippen LogP contribution in [0.15, 0.2) is 17.4 Å². The molecule has 0 N–H and O–H groups in total. The summed E-state index contributed by atoms with van der Waals surface area (Å²) in [6, 6.07) is 4.34. The molecule has 66 valence electrons. The molecule has 0 aliphatic carbocycles. The molecule has 0 radical (unpaired) electrons. The van der Waals surface area contributed by atoms with Gasteiger partial charge in [-0.3, -0.25) is 0 Å². The van der Waals surface area contributed by atoms with E-state index in [2.05, 4.69) is 17.9 Å². The predicted octanol–water partition coefficient (Wildman–Crippen LogP) is 0.531. The van der Waals surface area contributed by atoms with E-state index in [4.69, 9.17) is 10.7 Å². The van der Waals surface area contributed by atoms with Gasteiger partial charge in [0, 0.05) is 0 Å². The first kappa shape index (κ1) is 11.0. The molecule has 0 aromatic carbocycles. The van der Waals surface area contributed by atoms with Gasteiger partial charge in [0.2, 0.25) is 12.4 Å². The quantitative estimate of drug-likeness (QED) is 0.326. The van der Waals surface area contributed by atoms with E-state index in [0.717, 1.165) is 6.54 Å². The molecule has 0 aromatic heterocycles. The average Bonchev–Trinajstić information content (AvgIpc) is 2.54. The Hall–Kier alpha value is -2.01. The van der Waals surface area contributed by atoms with Crippen LogP contribution >= 0.6 is 0 Å². The van der Waals surface area contributed by atoms with Crippen LogP contribution in [-0.4, -0.2) is 34.8 Å². The van der Waals surface area contributed by atoms with Crippen LogP contribution in [0.3, 0.4) is 0 Å². The molecule has 5 nitrogen and oxygen atoms in total. The molecule has 1 aliphatic heterocycles. The molecule has 0 bridgehead atoms. The van der Waals surface area contributed by atoms with E-state index < -0.39 is 0 Å². The van der Waals surface area contributed by atoms with E-state index in [-0.39, 0.29) is 0 Å². The van der Waals surface area contributed by atoms with Gasteiger partial charge in [-0.2, -0.15) is 5.26 Å². The second-order valence-corrected chi connectivity index (χ2v) is 2.11. The van der Waals surface area contributed by atoms with Gasteiger partial charge < -0.3 is 10.4 Å². The van der Waals surface area contributed by atoms with Crippen LogP contribution in [0.1, 0.15) is 6.92 Å². The minimum absolute atomic E-state index is 1.00. The third-order valence-corrected chi connectivity index (χ3v) is 1.20. The molecule has 0 saturated carbocycles. The maximum atomic E-state index is 7.43. The highest BCUT2D eigenvalue weighted by Crippen LogP contribution is 1.81. The lowest BCUT2D eigenvalue weighted by atomic mass is 10.7. The first-order valence-electron chi connectivity index (χ1n) is 3.66. The lowest BCUT2D eigenvalue weighted by molar-refractivity contribution is -0.467. The van der Waals surface area contributed by atoms with Crippen molar-refractivity contribution in [3.8, 4) is 6.19 Å². The Morgan fingerprint density at radius 1 is 1.62 bits per heavy atom. The summed E-state index contributed by atoms with van der Waals surface area (Å²) in [5, 5.41) is 14.9. The SMILES string of the molecule is CC[N+]1=C=[N+](C)C=C1.N#CN=C=[N-]. The minimum Gasteiger partial charge on any atom is -0.422 e. The summed E-state index contributed by atoms with van der Waals surface area (Å²) in [4.78, 5) is 2.58. The molecular weight excluding hydrogens is 166 g/mol. The maximum Gasteiger partial charge on any atom is 0.488 e. The number of nitriles is 1. The van der Waals surface area contributed by atoms with Crippen molar-refractivity contribution in [3.63, 3.8) is 0 Å². The van der Waals surface area contributed by atoms with Crippen LogP contribution in [0.5, 0.6) is 0 Å². The lowest BCUT2D eigenvalue weighted by Gasteiger charge is -1.70. The monoisotopic (exact) mass is 176 g/mol. The second-order valence-electron chi connectivity index (χ2n) is 2.11. The van der Waals surface area contributed by atoms with Crippen LogP contribution in [0.2, 0.25) is 0 Å². The zero-order chi connectivity index (χ0) is 10.1. The van der Waals surface area contributed by atoms with Gasteiger partial charge in [0.25, 0.3) is 0 Å². The van der Waals surface area contributed by atoms with Gasteiger partial charge in [0.15, 0.2) is 13.6 Å². The van der Waals surface area contributed by atoms with Crippen molar-refractivity contribution in [1.29, 1.82) is 5.26 Å². The fourth-order valence-electron chi connectivity index (χ4n) is 0.648. The molecule has 0 spiro atoms. The lowest BCUT2D eigenvalue weighted by Crippen LogP contribution is -1.98. The van der Waals surface area contributed by atoms with Crippen molar-refractivity contribution in [1.82, 2.24) is 0 Å². The Balaban J connectivity index is 0.000000252. The highest BCUT2D eigenvalue weighted by molar-refractivity contribution is 5.46. The molecule has 1 rings (SSSR count). The summed E-state index contributed by atoms with van der Waals surface area (Å²) < 4.78 is 3.91. The summed E-state index contributed by atoms with van der Waals surface area (Å²) in [6.45, 7) is 3.09. The third-order valence-electron chi connectivity index (χ3n) is 1.20. The van der Waals surface area contributed by atoms with Crippen LogP contribution in [-0.2, 0) is 0 Å². The first-order valence-corrected chi connectivity index (χ1v) is 3.66. The van der Waals surface area contributed by atoms with Crippen molar-refractivity contribution >= 4 is 12.0 Å². The molecule has 1 heterocycles. The molecule has 1 aliphatic rings. The Labute approximate surface area is 76.8 Å². The van der Waals surface area contributed by atoms with Crippen molar-refractivity contribution < 1.29 is 9.15 Å². The van der Waals surface area contributed by atoms with Crippen LogP contribution in [0, 0.1) is 11.5 Å². The summed E-state index contributed by atoms with van der Waals surface area (Å²) >= 11 is 0.